The van der Waals surface area contributed by atoms with E-state index in [9.17, 15) is 13.2 Å². The summed E-state index contributed by atoms with van der Waals surface area (Å²) in [6, 6.07) is 20.4. The molecule has 1 aliphatic heterocycles. The largest absolute Gasteiger partial charge is 0.497 e. The van der Waals surface area contributed by atoms with Crippen LogP contribution >= 0.6 is 0 Å². The number of nitrogens with zero attached hydrogens (tertiary/aromatic N) is 3. The summed E-state index contributed by atoms with van der Waals surface area (Å²) in [5.41, 5.74) is 2.79. The second-order valence-electron chi connectivity index (χ2n) is 7.18. The summed E-state index contributed by atoms with van der Waals surface area (Å²) in [4.78, 5) is 18.5. The van der Waals surface area contributed by atoms with E-state index in [-0.39, 0.29) is 16.5 Å². The van der Waals surface area contributed by atoms with Gasteiger partial charge in [0.1, 0.15) is 11.5 Å². The fourth-order valence-corrected chi connectivity index (χ4v) is 4.50. The number of methoxy groups -OCH3 is 1. The number of hydrogen-bond donors (Lipinski definition) is 0. The summed E-state index contributed by atoms with van der Waals surface area (Å²) in [5, 5.41) is 0. The Morgan fingerprint density at radius 3 is 2.28 bits per heavy atom. The van der Waals surface area contributed by atoms with E-state index in [1.807, 2.05) is 24.3 Å². The molecule has 3 aromatic carbocycles. The van der Waals surface area contributed by atoms with E-state index in [1.165, 1.54) is 26.2 Å². The molecule has 0 atom stereocenters. The summed E-state index contributed by atoms with van der Waals surface area (Å²) >= 11 is 0. The number of aliphatic imine (C=N–C) groups is 1. The Labute approximate surface area is 186 Å². The molecule has 0 N–H and O–H groups in total. The number of likely N-dealkylation sites (N-methyl/N-ethyl adjacent to an activating group) is 1. The fraction of sp³-hybridized carbons (Fsp3) is 0.125. The first-order valence-electron chi connectivity index (χ1n) is 9.83. The number of rotatable bonds is 5. The van der Waals surface area contributed by atoms with Gasteiger partial charge in [0.25, 0.3) is 10.0 Å². The highest BCUT2D eigenvalue weighted by Crippen LogP contribution is 2.32. The van der Waals surface area contributed by atoms with Crippen LogP contribution in [0.1, 0.15) is 22.8 Å². The van der Waals surface area contributed by atoms with Crippen molar-refractivity contribution < 1.29 is 17.9 Å². The number of amidine groups is 1. The first kappa shape index (κ1) is 21.5. The molecule has 0 saturated heterocycles. The van der Waals surface area contributed by atoms with Crippen molar-refractivity contribution in [2.75, 3.05) is 19.1 Å². The summed E-state index contributed by atoms with van der Waals surface area (Å²) < 4.78 is 35.4. The van der Waals surface area contributed by atoms with Gasteiger partial charge in [-0.05, 0) is 49.4 Å². The molecule has 8 heteroatoms. The molecular weight excluding hydrogens is 426 g/mol. The van der Waals surface area contributed by atoms with E-state index in [2.05, 4.69) is 4.40 Å². The number of sulfonamides is 1. The number of benzene rings is 3. The van der Waals surface area contributed by atoms with Crippen LogP contribution in [0.25, 0.3) is 0 Å². The van der Waals surface area contributed by atoms with E-state index in [1.54, 1.807) is 48.3 Å². The second-order valence-corrected chi connectivity index (χ2v) is 8.78. The van der Waals surface area contributed by atoms with E-state index < -0.39 is 10.0 Å². The van der Waals surface area contributed by atoms with Gasteiger partial charge < -0.3 is 9.64 Å². The van der Waals surface area contributed by atoms with Crippen LogP contribution in [0.15, 0.2) is 87.1 Å². The quantitative estimate of drug-likeness (QED) is 0.546. The van der Waals surface area contributed by atoms with Gasteiger partial charge in [0.05, 0.1) is 23.4 Å². The SMILES string of the molecule is COc1ccc(S(=O)(=O)N=C2C(=Nc3ccccc3C(C)=O)c3ccccc3N2C)cc1. The first-order chi connectivity index (χ1) is 15.3. The molecule has 3 aromatic rings. The first-order valence-corrected chi connectivity index (χ1v) is 11.3. The normalized spacial score (nSPS) is 15.8. The van der Waals surface area contributed by atoms with Crippen molar-refractivity contribution in [2.24, 2.45) is 9.39 Å². The van der Waals surface area contributed by atoms with Crippen LogP contribution in [-0.4, -0.2) is 39.9 Å². The average molecular weight is 448 g/mol. The van der Waals surface area contributed by atoms with E-state index in [0.29, 0.717) is 22.7 Å². The highest BCUT2D eigenvalue weighted by molar-refractivity contribution is 7.90. The van der Waals surface area contributed by atoms with Gasteiger partial charge in [0.15, 0.2) is 11.6 Å². The monoisotopic (exact) mass is 447 g/mol. The Morgan fingerprint density at radius 1 is 0.938 bits per heavy atom. The maximum absolute atomic E-state index is 13.1. The number of para-hydroxylation sites is 2. The molecular formula is C24H21N3O4S. The maximum Gasteiger partial charge on any atom is 0.284 e. The standard InChI is InChI=1S/C24H21N3O4S/c1-16(28)19-8-4-6-10-21(19)25-23-20-9-5-7-11-22(20)27(2)24(23)26-32(29,30)18-14-12-17(31-3)13-15-18/h4-15H,1-3H3. The lowest BCUT2D eigenvalue weighted by Crippen LogP contribution is -2.27. The highest BCUT2D eigenvalue weighted by atomic mass is 32.2. The van der Waals surface area contributed by atoms with Crippen molar-refractivity contribution in [1.29, 1.82) is 0 Å². The summed E-state index contributed by atoms with van der Waals surface area (Å²) in [5.74, 6) is 0.597. The number of carbonyl (C=O) groups excluding carboxylic acids is 1. The molecule has 32 heavy (non-hydrogen) atoms. The molecule has 0 amide bonds. The van der Waals surface area contributed by atoms with Gasteiger partial charge in [0.2, 0.25) is 0 Å². The van der Waals surface area contributed by atoms with Gasteiger partial charge in [0, 0.05) is 18.2 Å². The Morgan fingerprint density at radius 2 is 1.59 bits per heavy atom. The molecule has 0 saturated carbocycles. The molecule has 4 rings (SSSR count). The van der Waals surface area contributed by atoms with E-state index in [4.69, 9.17) is 9.73 Å². The van der Waals surface area contributed by atoms with Crippen molar-refractivity contribution in [2.45, 2.75) is 11.8 Å². The molecule has 0 unspecified atom stereocenters. The smallest absolute Gasteiger partial charge is 0.284 e. The molecule has 1 heterocycles. The van der Waals surface area contributed by atoms with Crippen LogP contribution in [0.3, 0.4) is 0 Å². The minimum Gasteiger partial charge on any atom is -0.497 e. The number of Topliss-reactive ketones (excluding diaryl/α,β-unsaturated/α-hetero) is 1. The summed E-state index contributed by atoms with van der Waals surface area (Å²) in [6.07, 6.45) is 0. The maximum atomic E-state index is 13.1. The van der Waals surface area contributed by atoms with Crippen molar-refractivity contribution >= 4 is 38.7 Å². The van der Waals surface area contributed by atoms with Crippen LogP contribution in [0, 0.1) is 0 Å². The predicted octanol–water partition coefficient (Wildman–Crippen LogP) is 4.26. The van der Waals surface area contributed by atoms with Gasteiger partial charge in [-0.25, -0.2) is 4.99 Å². The summed E-state index contributed by atoms with van der Waals surface area (Å²) in [6.45, 7) is 1.47. The third-order valence-corrected chi connectivity index (χ3v) is 6.41. The Bertz CT molecular complexity index is 1360. The van der Waals surface area contributed by atoms with Gasteiger partial charge in [-0.15, -0.1) is 4.40 Å². The highest BCUT2D eigenvalue weighted by Gasteiger charge is 2.32. The van der Waals surface area contributed by atoms with Crippen LogP contribution in [-0.2, 0) is 10.0 Å². The van der Waals surface area contributed by atoms with Crippen molar-refractivity contribution in [3.05, 3.63) is 83.9 Å². The van der Waals surface area contributed by atoms with Crippen molar-refractivity contribution in [3.8, 4) is 5.75 Å². The van der Waals surface area contributed by atoms with Gasteiger partial charge in [-0.1, -0.05) is 30.3 Å². The van der Waals surface area contributed by atoms with Gasteiger partial charge in [-0.2, -0.15) is 8.42 Å². The third kappa shape index (κ3) is 3.92. The number of hydrogen-bond acceptors (Lipinski definition) is 5. The lowest BCUT2D eigenvalue weighted by molar-refractivity contribution is 0.101. The van der Waals surface area contributed by atoms with E-state index in [0.717, 1.165) is 11.3 Å². The number of ether oxygens (including phenoxy) is 1. The molecule has 0 radical (unpaired) electrons. The molecule has 1 aliphatic rings. The van der Waals surface area contributed by atoms with Gasteiger partial charge >= 0.3 is 0 Å². The zero-order chi connectivity index (χ0) is 22.9. The fourth-order valence-electron chi connectivity index (χ4n) is 3.48. The lowest BCUT2D eigenvalue weighted by Gasteiger charge is -2.13. The molecule has 7 nitrogen and oxygen atoms in total. The Kier molecular flexibility index (Phi) is 5.63. The molecule has 0 spiro atoms. The number of ketones is 1. The average Bonchev–Trinajstić information content (AvgIpc) is 3.05. The Hall–Kier alpha value is -3.78. The minimum atomic E-state index is -4.03. The number of carbonyl (C=O) groups is 1. The molecule has 0 aromatic heterocycles. The number of fused-ring (bicyclic) bond motifs is 1. The molecule has 162 valence electrons. The third-order valence-electron chi connectivity index (χ3n) is 5.13. The Balaban J connectivity index is 1.89. The van der Waals surface area contributed by atoms with Gasteiger partial charge in [-0.3, -0.25) is 4.79 Å². The molecule has 0 aliphatic carbocycles. The van der Waals surface area contributed by atoms with E-state index >= 15 is 0 Å². The van der Waals surface area contributed by atoms with Crippen molar-refractivity contribution in [1.82, 2.24) is 0 Å². The lowest BCUT2D eigenvalue weighted by atomic mass is 10.1. The number of anilines is 1. The predicted molar refractivity (Wildman–Crippen MR) is 125 cm³/mol. The van der Waals surface area contributed by atoms with Crippen LogP contribution in [0.2, 0.25) is 0 Å². The van der Waals surface area contributed by atoms with Crippen LogP contribution < -0.4 is 9.64 Å². The molecule has 0 bridgehead atoms. The topological polar surface area (TPSA) is 88.4 Å². The summed E-state index contributed by atoms with van der Waals surface area (Å²) in [7, 11) is -0.781. The van der Waals surface area contributed by atoms with Crippen LogP contribution in [0.5, 0.6) is 5.75 Å². The zero-order valence-electron chi connectivity index (χ0n) is 17.8. The van der Waals surface area contributed by atoms with Crippen molar-refractivity contribution in [3.63, 3.8) is 0 Å². The molecule has 0 fully saturated rings. The minimum absolute atomic E-state index is 0.0404. The zero-order valence-corrected chi connectivity index (χ0v) is 18.6. The van der Waals surface area contributed by atoms with Crippen LogP contribution in [0.4, 0.5) is 11.4 Å². The second kappa shape index (κ2) is 8.39.